The number of anilines is 3. The van der Waals surface area contributed by atoms with Crippen molar-refractivity contribution in [2.45, 2.75) is 50.5 Å². The van der Waals surface area contributed by atoms with Gasteiger partial charge in [0.15, 0.2) is 0 Å². The van der Waals surface area contributed by atoms with E-state index in [0.29, 0.717) is 12.0 Å². The van der Waals surface area contributed by atoms with E-state index in [1.54, 1.807) is 22.7 Å². The van der Waals surface area contributed by atoms with Crippen LogP contribution in [-0.4, -0.2) is 74.9 Å². The molecule has 0 aromatic carbocycles. The molecule has 0 radical (unpaired) electrons. The quantitative estimate of drug-likeness (QED) is 0.416. The molecule has 0 spiro atoms. The first-order valence-electron chi connectivity index (χ1n) is 11.6. The van der Waals surface area contributed by atoms with E-state index >= 15 is 0 Å². The highest BCUT2D eigenvalue weighted by Crippen LogP contribution is 2.34. The van der Waals surface area contributed by atoms with Gasteiger partial charge in [-0.2, -0.15) is 4.98 Å². The summed E-state index contributed by atoms with van der Waals surface area (Å²) in [5.41, 5.74) is 1.26. The summed E-state index contributed by atoms with van der Waals surface area (Å²) in [5, 5.41) is 33.0. The van der Waals surface area contributed by atoms with E-state index in [9.17, 15) is 10.2 Å². The number of hydrogen-bond donors (Lipinski definition) is 4. The molecule has 10 heteroatoms. The zero-order chi connectivity index (χ0) is 23.0. The molecule has 3 aromatic rings. The van der Waals surface area contributed by atoms with E-state index in [1.165, 1.54) is 0 Å². The number of nitrogens with one attached hydrogen (secondary N) is 2. The third kappa shape index (κ3) is 5.31. The smallest absolute Gasteiger partial charge is 0.230 e. The number of hydrogen-bond acceptors (Lipinski definition) is 10. The Morgan fingerprint density at radius 1 is 1.15 bits per heavy atom. The van der Waals surface area contributed by atoms with Crippen LogP contribution in [0.1, 0.15) is 44.4 Å². The summed E-state index contributed by atoms with van der Waals surface area (Å²) in [7, 11) is 2.11. The SMILES string of the molecule is CN1CCN(C(O)c2csc(Nc3nc(N[C@H]4CC[C@](C)(O)CC4)c4sccc4n3)c2)CC1. The Labute approximate surface area is 202 Å². The highest BCUT2D eigenvalue weighted by atomic mass is 32.1. The van der Waals surface area contributed by atoms with E-state index < -0.39 is 11.8 Å². The van der Waals surface area contributed by atoms with Crippen LogP contribution in [0, 0.1) is 0 Å². The minimum Gasteiger partial charge on any atom is -0.390 e. The van der Waals surface area contributed by atoms with Crippen molar-refractivity contribution in [1.82, 2.24) is 19.8 Å². The van der Waals surface area contributed by atoms with Gasteiger partial charge in [0, 0.05) is 43.2 Å². The van der Waals surface area contributed by atoms with E-state index in [0.717, 1.165) is 78.5 Å². The summed E-state index contributed by atoms with van der Waals surface area (Å²) in [6.45, 7) is 5.58. The fourth-order valence-electron chi connectivity index (χ4n) is 4.53. The number of likely N-dealkylation sites (N-methyl/N-ethyl adjacent to an activating group) is 1. The van der Waals surface area contributed by atoms with Crippen LogP contribution in [-0.2, 0) is 0 Å². The number of fused-ring (bicyclic) bond motifs is 1. The highest BCUT2D eigenvalue weighted by molar-refractivity contribution is 7.17. The molecule has 33 heavy (non-hydrogen) atoms. The molecule has 1 atom stereocenters. The van der Waals surface area contributed by atoms with Crippen molar-refractivity contribution in [3.63, 3.8) is 0 Å². The van der Waals surface area contributed by atoms with Gasteiger partial charge < -0.3 is 25.7 Å². The van der Waals surface area contributed by atoms with Crippen LogP contribution in [0.2, 0.25) is 0 Å². The average molecular weight is 489 g/mol. The maximum atomic E-state index is 10.8. The Hall–Kier alpha value is -1.82. The molecular weight excluding hydrogens is 456 g/mol. The third-order valence-corrected chi connectivity index (χ3v) is 8.52. The standard InChI is InChI=1S/C23H32N6O2S2/c1-23(31)6-3-16(4-7-23)24-20-19-17(5-12-32-19)25-22(27-20)26-18-13-15(14-33-18)21(30)29-10-8-28(2)9-11-29/h5,12-14,16,21,30-31H,3-4,6-11H2,1-2H3,(H2,24,25,26,27)/t16-,21?,23-. The maximum absolute atomic E-state index is 10.8. The van der Waals surface area contributed by atoms with E-state index in [2.05, 4.69) is 27.5 Å². The second kappa shape index (κ2) is 9.44. The van der Waals surface area contributed by atoms with E-state index in [1.807, 2.05) is 29.8 Å². The molecule has 0 bridgehead atoms. The van der Waals surface area contributed by atoms with Crippen LogP contribution >= 0.6 is 22.7 Å². The van der Waals surface area contributed by atoms with Crippen molar-refractivity contribution in [2.75, 3.05) is 43.9 Å². The molecule has 3 aromatic heterocycles. The normalized spacial score (nSPS) is 25.9. The van der Waals surface area contributed by atoms with Crippen LogP contribution in [0.5, 0.6) is 0 Å². The number of piperazine rings is 1. The molecule has 2 fully saturated rings. The lowest BCUT2D eigenvalue weighted by Gasteiger charge is -2.35. The predicted octanol–water partition coefficient (Wildman–Crippen LogP) is 3.84. The number of nitrogens with zero attached hydrogens (tertiary/aromatic N) is 4. The minimum absolute atomic E-state index is 0.297. The first kappa shape index (κ1) is 22.9. The molecule has 1 saturated carbocycles. The molecule has 4 N–H and O–H groups in total. The Bertz CT molecular complexity index is 1080. The van der Waals surface area contributed by atoms with Crippen LogP contribution in [0.3, 0.4) is 0 Å². The van der Waals surface area contributed by atoms with Crippen molar-refractivity contribution in [3.05, 3.63) is 28.5 Å². The lowest BCUT2D eigenvalue weighted by Crippen LogP contribution is -2.45. The fourth-order valence-corrected chi connectivity index (χ4v) is 6.12. The van der Waals surface area contributed by atoms with E-state index in [-0.39, 0.29) is 0 Å². The van der Waals surface area contributed by atoms with Crippen LogP contribution < -0.4 is 10.6 Å². The number of rotatable bonds is 6. The third-order valence-electron chi connectivity index (χ3n) is 6.74. The lowest BCUT2D eigenvalue weighted by molar-refractivity contribution is -0.0229. The largest absolute Gasteiger partial charge is 0.390 e. The summed E-state index contributed by atoms with van der Waals surface area (Å²) < 4.78 is 1.05. The van der Waals surface area contributed by atoms with Gasteiger partial charge in [-0.15, -0.1) is 22.7 Å². The molecule has 4 heterocycles. The molecular formula is C23H32N6O2S2. The van der Waals surface area contributed by atoms with Crippen LogP contribution in [0.4, 0.5) is 16.8 Å². The Morgan fingerprint density at radius 2 is 1.91 bits per heavy atom. The summed E-state index contributed by atoms with van der Waals surface area (Å²) in [4.78, 5) is 13.9. The Morgan fingerprint density at radius 3 is 2.67 bits per heavy atom. The monoisotopic (exact) mass is 488 g/mol. The molecule has 2 aliphatic rings. The van der Waals surface area contributed by atoms with Crippen molar-refractivity contribution in [3.8, 4) is 0 Å². The van der Waals surface area contributed by atoms with Gasteiger partial charge in [0.05, 0.1) is 20.8 Å². The molecule has 178 valence electrons. The maximum Gasteiger partial charge on any atom is 0.230 e. The second-order valence-corrected chi connectivity index (χ2v) is 11.4. The van der Waals surface area contributed by atoms with E-state index in [4.69, 9.17) is 9.97 Å². The summed E-state index contributed by atoms with van der Waals surface area (Å²) >= 11 is 3.19. The van der Waals surface area contributed by atoms with Gasteiger partial charge in [-0.05, 0) is 57.2 Å². The molecule has 5 rings (SSSR count). The number of aromatic nitrogens is 2. The topological polar surface area (TPSA) is 96.8 Å². The average Bonchev–Trinajstić information content (AvgIpc) is 3.45. The van der Waals surface area contributed by atoms with Crippen molar-refractivity contribution >= 4 is 49.7 Å². The summed E-state index contributed by atoms with van der Waals surface area (Å²) in [6, 6.07) is 4.30. The lowest BCUT2D eigenvalue weighted by atomic mass is 9.84. The Kier molecular flexibility index (Phi) is 6.56. The number of aliphatic hydroxyl groups is 2. The van der Waals surface area contributed by atoms with Gasteiger partial charge in [0.2, 0.25) is 5.95 Å². The van der Waals surface area contributed by atoms with Gasteiger partial charge >= 0.3 is 0 Å². The fraction of sp³-hybridized carbons (Fsp3) is 0.565. The van der Waals surface area contributed by atoms with Gasteiger partial charge in [0.1, 0.15) is 12.0 Å². The molecule has 1 aliphatic heterocycles. The number of thiophene rings is 2. The molecule has 8 nitrogen and oxygen atoms in total. The summed E-state index contributed by atoms with van der Waals surface area (Å²) in [6.07, 6.45) is 2.84. The predicted molar refractivity (Wildman–Crippen MR) is 136 cm³/mol. The zero-order valence-electron chi connectivity index (χ0n) is 19.1. The van der Waals surface area contributed by atoms with Gasteiger partial charge in [0.25, 0.3) is 0 Å². The molecule has 0 amide bonds. The summed E-state index contributed by atoms with van der Waals surface area (Å²) in [5.74, 6) is 1.40. The first-order valence-corrected chi connectivity index (χ1v) is 13.3. The molecule has 1 unspecified atom stereocenters. The van der Waals surface area contributed by atoms with Crippen LogP contribution in [0.15, 0.2) is 22.9 Å². The van der Waals surface area contributed by atoms with Crippen LogP contribution in [0.25, 0.3) is 10.2 Å². The zero-order valence-corrected chi connectivity index (χ0v) is 20.8. The molecule has 1 aliphatic carbocycles. The molecule has 1 saturated heterocycles. The highest BCUT2D eigenvalue weighted by Gasteiger charge is 2.29. The number of aliphatic hydroxyl groups excluding tert-OH is 1. The van der Waals surface area contributed by atoms with Crippen molar-refractivity contribution < 1.29 is 10.2 Å². The minimum atomic E-state index is -0.591. The van der Waals surface area contributed by atoms with Gasteiger partial charge in [-0.3, -0.25) is 4.90 Å². The second-order valence-electron chi connectivity index (χ2n) is 9.53. The first-order chi connectivity index (χ1) is 15.9. The van der Waals surface area contributed by atoms with Gasteiger partial charge in [-0.25, -0.2) is 4.98 Å². The Balaban J connectivity index is 1.30. The van der Waals surface area contributed by atoms with Crippen molar-refractivity contribution in [2.24, 2.45) is 0 Å². The van der Waals surface area contributed by atoms with Crippen molar-refractivity contribution in [1.29, 1.82) is 0 Å². The van der Waals surface area contributed by atoms with Gasteiger partial charge in [-0.1, -0.05) is 0 Å².